The van der Waals surface area contributed by atoms with E-state index in [4.69, 9.17) is 0 Å². The fourth-order valence-electron chi connectivity index (χ4n) is 0.340. The minimum absolute atomic E-state index is 0. The maximum absolute atomic E-state index is 2.99. The summed E-state index contributed by atoms with van der Waals surface area (Å²) in [6.45, 7) is 0. The molecule has 8 heavy (non-hydrogen) atoms. The average molecular weight is 513 g/mol. The van der Waals surface area contributed by atoms with Gasteiger partial charge in [-0.25, -0.2) is 12.2 Å². The zero-order valence-electron chi connectivity index (χ0n) is 4.09. The van der Waals surface area contributed by atoms with Crippen LogP contribution >= 0.6 is 48.0 Å². The molecular formula is C5H7I2Ir-. The van der Waals surface area contributed by atoms with E-state index in [1.165, 1.54) is 0 Å². The maximum Gasteiger partial charge on any atom is 0 e. The Hall–Kier alpha value is 1.59. The van der Waals surface area contributed by atoms with Gasteiger partial charge >= 0.3 is 0 Å². The zero-order valence-corrected chi connectivity index (χ0v) is 11.1. The van der Waals surface area contributed by atoms with Gasteiger partial charge in [0, 0.05) is 20.1 Å². The van der Waals surface area contributed by atoms with E-state index < -0.39 is 0 Å². The summed E-state index contributed by atoms with van der Waals surface area (Å²) in [6.07, 6.45) is 10.0. The number of hydrogen-bond acceptors (Lipinski definition) is 0. The monoisotopic (exact) mass is 514 g/mol. The molecule has 0 saturated carbocycles. The van der Waals surface area contributed by atoms with Crippen LogP contribution in [0, 0.1) is 6.08 Å². The SMILES string of the molecule is I.I.[C-]1=CC=CC1.[Ir]. The molecule has 1 radical (unpaired) electrons. The van der Waals surface area contributed by atoms with Crippen LogP contribution in [0.3, 0.4) is 0 Å². The smallest absolute Gasteiger partial charge is 0 e. The van der Waals surface area contributed by atoms with Crippen LogP contribution in [0.25, 0.3) is 0 Å². The summed E-state index contributed by atoms with van der Waals surface area (Å²) in [5.41, 5.74) is 0. The van der Waals surface area contributed by atoms with Gasteiger partial charge in [-0.3, -0.25) is 6.08 Å². The standard InChI is InChI=1S/C5H5.2HI.Ir/c1-2-4-5-3-1;;;/h1-3H,4H2;2*1H;/q-1;;;. The van der Waals surface area contributed by atoms with Gasteiger partial charge < -0.3 is 0 Å². The predicted octanol–water partition coefficient (Wildman–Crippen LogP) is 2.54. The van der Waals surface area contributed by atoms with Crippen LogP contribution in [0.2, 0.25) is 0 Å². The molecule has 0 aromatic carbocycles. The fraction of sp³-hybridized carbons (Fsp3) is 0.200. The Labute approximate surface area is 97.6 Å². The van der Waals surface area contributed by atoms with Crippen molar-refractivity contribution >= 4 is 48.0 Å². The van der Waals surface area contributed by atoms with Crippen LogP contribution in [0.1, 0.15) is 6.42 Å². The summed E-state index contributed by atoms with van der Waals surface area (Å²) < 4.78 is 0. The molecule has 0 saturated heterocycles. The first-order valence-corrected chi connectivity index (χ1v) is 1.72. The van der Waals surface area contributed by atoms with E-state index in [1.54, 1.807) is 0 Å². The molecule has 0 nitrogen and oxygen atoms in total. The Kier molecular flexibility index (Phi) is 23.2. The van der Waals surface area contributed by atoms with Gasteiger partial charge in [0.1, 0.15) is 0 Å². The quantitative estimate of drug-likeness (QED) is 0.346. The largest absolute Gasteiger partial charge is 0.273 e. The molecule has 0 atom stereocenters. The van der Waals surface area contributed by atoms with Crippen molar-refractivity contribution in [2.75, 3.05) is 0 Å². The molecule has 0 fully saturated rings. The Morgan fingerprint density at radius 3 is 2.00 bits per heavy atom. The Balaban J connectivity index is -0.0000000833. The molecule has 0 spiro atoms. The fourth-order valence-corrected chi connectivity index (χ4v) is 0.340. The molecule has 0 unspecified atom stereocenters. The first-order chi connectivity index (χ1) is 2.50. The summed E-state index contributed by atoms with van der Waals surface area (Å²) in [5.74, 6) is 0. The van der Waals surface area contributed by atoms with Gasteiger partial charge in [0.25, 0.3) is 0 Å². The summed E-state index contributed by atoms with van der Waals surface area (Å²) in [6, 6.07) is 0. The number of allylic oxidation sites excluding steroid dienone is 4. The van der Waals surface area contributed by atoms with E-state index in [0.29, 0.717) is 0 Å². The Morgan fingerprint density at radius 2 is 1.88 bits per heavy atom. The minimum Gasteiger partial charge on any atom is -0.273 e. The molecule has 0 bridgehead atoms. The number of halogens is 2. The van der Waals surface area contributed by atoms with Crippen LogP contribution in [-0.2, 0) is 20.1 Å². The molecular weight excluding hydrogens is 506 g/mol. The van der Waals surface area contributed by atoms with Crippen molar-refractivity contribution in [1.82, 2.24) is 0 Å². The molecule has 0 aromatic heterocycles. The summed E-state index contributed by atoms with van der Waals surface area (Å²) in [7, 11) is 0. The summed E-state index contributed by atoms with van der Waals surface area (Å²) in [4.78, 5) is 0. The van der Waals surface area contributed by atoms with E-state index in [9.17, 15) is 0 Å². The summed E-state index contributed by atoms with van der Waals surface area (Å²) >= 11 is 0. The molecule has 1 aliphatic rings. The Morgan fingerprint density at radius 1 is 1.25 bits per heavy atom. The third kappa shape index (κ3) is 7.59. The number of hydrogen-bond donors (Lipinski definition) is 0. The first kappa shape index (κ1) is 16.3. The second-order valence-corrected chi connectivity index (χ2v) is 1.00. The zero-order chi connectivity index (χ0) is 3.54. The molecule has 0 aromatic rings. The molecule has 51 valence electrons. The van der Waals surface area contributed by atoms with E-state index >= 15 is 0 Å². The van der Waals surface area contributed by atoms with Gasteiger partial charge in [-0.15, -0.1) is 54.4 Å². The van der Waals surface area contributed by atoms with Crippen LogP contribution < -0.4 is 0 Å². The van der Waals surface area contributed by atoms with Crippen molar-refractivity contribution in [3.8, 4) is 0 Å². The molecule has 1 aliphatic carbocycles. The van der Waals surface area contributed by atoms with Gasteiger partial charge in [0.2, 0.25) is 0 Å². The van der Waals surface area contributed by atoms with Gasteiger partial charge in [-0.1, -0.05) is 0 Å². The van der Waals surface area contributed by atoms with E-state index in [0.717, 1.165) is 6.42 Å². The van der Waals surface area contributed by atoms with Crippen LogP contribution in [0.5, 0.6) is 0 Å². The average Bonchev–Trinajstić information content (AvgIpc) is 1.76. The second kappa shape index (κ2) is 11.4. The van der Waals surface area contributed by atoms with Gasteiger partial charge in [0.15, 0.2) is 0 Å². The van der Waals surface area contributed by atoms with Crippen molar-refractivity contribution in [3.05, 3.63) is 24.3 Å². The third-order valence-electron chi connectivity index (χ3n) is 0.586. The molecule has 0 heterocycles. The van der Waals surface area contributed by atoms with Gasteiger partial charge in [-0.05, 0) is 0 Å². The second-order valence-electron chi connectivity index (χ2n) is 1.00. The molecule has 3 heteroatoms. The van der Waals surface area contributed by atoms with Crippen LogP contribution in [0.4, 0.5) is 0 Å². The van der Waals surface area contributed by atoms with Gasteiger partial charge in [-0.2, -0.15) is 6.08 Å². The van der Waals surface area contributed by atoms with Crippen molar-refractivity contribution in [3.63, 3.8) is 0 Å². The predicted molar refractivity (Wildman–Crippen MR) is 52.4 cm³/mol. The molecule has 0 amide bonds. The maximum atomic E-state index is 2.99. The third-order valence-corrected chi connectivity index (χ3v) is 0.586. The van der Waals surface area contributed by atoms with Crippen molar-refractivity contribution in [2.45, 2.75) is 6.42 Å². The topological polar surface area (TPSA) is 0 Å². The minimum atomic E-state index is 0. The van der Waals surface area contributed by atoms with Crippen molar-refractivity contribution in [1.29, 1.82) is 0 Å². The molecule has 1 rings (SSSR count). The van der Waals surface area contributed by atoms with Gasteiger partial charge in [0.05, 0.1) is 0 Å². The molecule has 0 N–H and O–H groups in total. The first-order valence-electron chi connectivity index (χ1n) is 1.72. The van der Waals surface area contributed by atoms with E-state index in [1.807, 2.05) is 12.2 Å². The van der Waals surface area contributed by atoms with Crippen LogP contribution in [0.15, 0.2) is 18.2 Å². The van der Waals surface area contributed by atoms with Crippen LogP contribution in [-0.4, -0.2) is 0 Å². The number of rotatable bonds is 0. The Bertz CT molecular complexity index is 68.5. The van der Waals surface area contributed by atoms with E-state index in [-0.39, 0.29) is 68.1 Å². The van der Waals surface area contributed by atoms with Crippen molar-refractivity contribution in [2.24, 2.45) is 0 Å². The van der Waals surface area contributed by atoms with Crippen molar-refractivity contribution < 1.29 is 20.1 Å². The summed E-state index contributed by atoms with van der Waals surface area (Å²) in [5, 5.41) is 0. The molecule has 0 aliphatic heterocycles. The normalized spacial score (nSPS) is 11.0. The van der Waals surface area contributed by atoms with E-state index in [2.05, 4.69) is 12.2 Å².